The molecule has 0 N–H and O–H groups in total. The van der Waals surface area contributed by atoms with Crippen molar-refractivity contribution in [2.75, 3.05) is 64.3 Å². The molecule has 5 rings (SSSR count). The van der Waals surface area contributed by atoms with Gasteiger partial charge >= 0.3 is 0 Å². The van der Waals surface area contributed by atoms with Gasteiger partial charge in [-0.15, -0.1) is 0 Å². The summed E-state index contributed by atoms with van der Waals surface area (Å²) in [6, 6.07) is 15.7. The fraction of sp³-hybridized carbons (Fsp3) is 0.407. The summed E-state index contributed by atoms with van der Waals surface area (Å²) in [5, 5.41) is 0.647. The Balaban J connectivity index is 1.30. The van der Waals surface area contributed by atoms with Crippen LogP contribution in [0.15, 0.2) is 58.1 Å². The van der Waals surface area contributed by atoms with Crippen LogP contribution < -0.4 is 4.90 Å². The number of anilines is 1. The molecule has 0 unspecified atom stereocenters. The lowest BCUT2D eigenvalue weighted by Crippen LogP contribution is -2.48. The number of hydrogen-bond donors (Lipinski definition) is 0. The van der Waals surface area contributed by atoms with E-state index in [2.05, 4.69) is 16.8 Å². The van der Waals surface area contributed by atoms with E-state index in [-0.39, 0.29) is 11.8 Å². The van der Waals surface area contributed by atoms with Crippen LogP contribution in [0, 0.1) is 0 Å². The SMILES string of the molecule is CC(=O)N1CCN(c2cc(-c3ccccc3)nc(SCc3ccc(C(=O)N4CCN(C)CC4)o3)n2)CC1. The number of carbonyl (C=O) groups excluding carboxylic acids is 2. The van der Waals surface area contributed by atoms with E-state index in [4.69, 9.17) is 14.4 Å². The van der Waals surface area contributed by atoms with E-state index < -0.39 is 0 Å². The Morgan fingerprint density at radius 2 is 1.59 bits per heavy atom. The summed E-state index contributed by atoms with van der Waals surface area (Å²) in [5.74, 6) is 2.51. The van der Waals surface area contributed by atoms with Crippen molar-refractivity contribution in [3.8, 4) is 11.3 Å². The van der Waals surface area contributed by atoms with Gasteiger partial charge in [0.05, 0.1) is 11.4 Å². The lowest BCUT2D eigenvalue weighted by atomic mass is 10.1. The van der Waals surface area contributed by atoms with Crippen LogP contribution in [0.3, 0.4) is 0 Å². The van der Waals surface area contributed by atoms with Crippen molar-refractivity contribution in [2.24, 2.45) is 0 Å². The monoisotopic (exact) mass is 520 g/mol. The van der Waals surface area contributed by atoms with E-state index in [0.717, 1.165) is 43.3 Å². The molecule has 4 heterocycles. The van der Waals surface area contributed by atoms with Gasteiger partial charge in [0.15, 0.2) is 10.9 Å². The average molecular weight is 521 g/mol. The topological polar surface area (TPSA) is 86.0 Å². The van der Waals surface area contributed by atoms with Gasteiger partial charge in [-0.2, -0.15) is 0 Å². The van der Waals surface area contributed by atoms with Crippen LogP contribution in [0.25, 0.3) is 11.3 Å². The van der Waals surface area contributed by atoms with Crippen LogP contribution in [0.1, 0.15) is 23.2 Å². The van der Waals surface area contributed by atoms with E-state index in [0.29, 0.717) is 48.6 Å². The van der Waals surface area contributed by atoms with Crippen molar-refractivity contribution in [1.82, 2.24) is 24.7 Å². The first-order valence-corrected chi connectivity index (χ1v) is 13.6. The third-order valence-electron chi connectivity index (χ3n) is 6.82. The molecule has 37 heavy (non-hydrogen) atoms. The molecule has 0 atom stereocenters. The number of hydrogen-bond acceptors (Lipinski definition) is 8. The number of piperazine rings is 2. The van der Waals surface area contributed by atoms with Crippen molar-refractivity contribution in [3.05, 3.63) is 60.1 Å². The molecule has 3 aromatic rings. The number of thioether (sulfide) groups is 1. The first kappa shape index (κ1) is 25.3. The predicted octanol–water partition coefficient (Wildman–Crippen LogP) is 3.09. The number of nitrogens with zero attached hydrogens (tertiary/aromatic N) is 6. The number of likely N-dealkylation sites (N-methyl/N-ethyl adjacent to an activating group) is 1. The summed E-state index contributed by atoms with van der Waals surface area (Å²) >= 11 is 1.49. The highest BCUT2D eigenvalue weighted by Crippen LogP contribution is 2.28. The molecule has 0 saturated carbocycles. The molecular weight excluding hydrogens is 488 g/mol. The first-order chi connectivity index (χ1) is 18.0. The maximum Gasteiger partial charge on any atom is 0.289 e. The summed E-state index contributed by atoms with van der Waals surface area (Å²) in [6.07, 6.45) is 0. The van der Waals surface area contributed by atoms with Gasteiger partial charge in [0.2, 0.25) is 5.91 Å². The minimum absolute atomic E-state index is 0.0568. The second-order valence-corrected chi connectivity index (χ2v) is 10.3. The van der Waals surface area contributed by atoms with E-state index in [1.807, 2.05) is 52.3 Å². The number of aromatic nitrogens is 2. The van der Waals surface area contributed by atoms with Gasteiger partial charge < -0.3 is 24.0 Å². The summed E-state index contributed by atoms with van der Waals surface area (Å²) in [7, 11) is 2.07. The fourth-order valence-corrected chi connectivity index (χ4v) is 5.27. The van der Waals surface area contributed by atoms with Crippen molar-refractivity contribution in [3.63, 3.8) is 0 Å². The molecule has 1 aromatic carbocycles. The lowest BCUT2D eigenvalue weighted by molar-refractivity contribution is -0.129. The number of furan rings is 1. The van der Waals surface area contributed by atoms with Gasteiger partial charge in [0, 0.05) is 70.9 Å². The zero-order chi connectivity index (χ0) is 25.8. The Bertz CT molecular complexity index is 1230. The van der Waals surface area contributed by atoms with Crippen molar-refractivity contribution >= 4 is 29.4 Å². The van der Waals surface area contributed by atoms with Gasteiger partial charge in [0.25, 0.3) is 5.91 Å². The molecular formula is C27H32N6O3S. The minimum atomic E-state index is -0.0568. The number of amides is 2. The van der Waals surface area contributed by atoms with Gasteiger partial charge in [0.1, 0.15) is 11.6 Å². The summed E-state index contributed by atoms with van der Waals surface area (Å²) < 4.78 is 5.91. The molecule has 9 nitrogen and oxygen atoms in total. The predicted molar refractivity (Wildman–Crippen MR) is 144 cm³/mol. The van der Waals surface area contributed by atoms with Gasteiger partial charge in [-0.3, -0.25) is 9.59 Å². The molecule has 0 spiro atoms. The van der Waals surface area contributed by atoms with Crippen molar-refractivity contribution in [1.29, 1.82) is 0 Å². The van der Waals surface area contributed by atoms with E-state index in [1.165, 1.54) is 11.8 Å². The molecule has 0 aliphatic carbocycles. The van der Waals surface area contributed by atoms with Crippen LogP contribution in [-0.2, 0) is 10.5 Å². The van der Waals surface area contributed by atoms with E-state index in [9.17, 15) is 9.59 Å². The van der Waals surface area contributed by atoms with Gasteiger partial charge in [-0.25, -0.2) is 9.97 Å². The van der Waals surface area contributed by atoms with Crippen LogP contribution in [0.5, 0.6) is 0 Å². The third kappa shape index (κ3) is 6.14. The lowest BCUT2D eigenvalue weighted by Gasteiger charge is -2.35. The Labute approximate surface area is 221 Å². The minimum Gasteiger partial charge on any atom is -0.455 e. The molecule has 2 saturated heterocycles. The third-order valence-corrected chi connectivity index (χ3v) is 7.69. The maximum atomic E-state index is 12.8. The van der Waals surface area contributed by atoms with Crippen LogP contribution in [0.2, 0.25) is 0 Å². The zero-order valence-electron chi connectivity index (χ0n) is 21.3. The first-order valence-electron chi connectivity index (χ1n) is 12.6. The van der Waals surface area contributed by atoms with Crippen LogP contribution >= 0.6 is 11.8 Å². The largest absolute Gasteiger partial charge is 0.455 e. The van der Waals surface area contributed by atoms with Gasteiger partial charge in [-0.05, 0) is 19.2 Å². The summed E-state index contributed by atoms with van der Waals surface area (Å²) in [4.78, 5) is 42.4. The van der Waals surface area contributed by atoms with Crippen molar-refractivity contribution in [2.45, 2.75) is 17.8 Å². The maximum absolute atomic E-state index is 12.8. The highest BCUT2D eigenvalue weighted by molar-refractivity contribution is 7.98. The van der Waals surface area contributed by atoms with E-state index in [1.54, 1.807) is 13.0 Å². The Hall–Kier alpha value is -3.37. The molecule has 194 valence electrons. The van der Waals surface area contributed by atoms with E-state index >= 15 is 0 Å². The van der Waals surface area contributed by atoms with Crippen molar-refractivity contribution < 1.29 is 14.0 Å². The molecule has 2 amide bonds. The Morgan fingerprint density at radius 3 is 2.30 bits per heavy atom. The standard InChI is InChI=1S/C27H32N6O3S/c1-20(34)31-14-16-32(17-15-31)25-18-23(21-6-4-3-5-7-21)28-27(29-25)37-19-22-8-9-24(36-22)26(35)33-12-10-30(2)11-13-33/h3-9,18H,10-17,19H2,1-2H3. The molecule has 2 fully saturated rings. The zero-order valence-corrected chi connectivity index (χ0v) is 22.1. The van der Waals surface area contributed by atoms with Crippen LogP contribution in [0.4, 0.5) is 5.82 Å². The second kappa shape index (κ2) is 11.4. The molecule has 0 radical (unpaired) electrons. The number of rotatable bonds is 6. The Kier molecular flexibility index (Phi) is 7.76. The smallest absolute Gasteiger partial charge is 0.289 e. The highest BCUT2D eigenvalue weighted by Gasteiger charge is 2.24. The average Bonchev–Trinajstić information content (AvgIpc) is 3.41. The molecule has 2 aliphatic heterocycles. The quantitative estimate of drug-likeness (QED) is 0.362. The van der Waals surface area contributed by atoms with Crippen LogP contribution in [-0.4, -0.2) is 95.9 Å². The molecule has 2 aliphatic rings. The highest BCUT2D eigenvalue weighted by atomic mass is 32.2. The summed E-state index contributed by atoms with van der Waals surface area (Å²) in [6.45, 7) is 7.59. The number of benzene rings is 1. The summed E-state index contributed by atoms with van der Waals surface area (Å²) in [5.41, 5.74) is 1.88. The molecule has 0 bridgehead atoms. The normalized spacial score (nSPS) is 16.8. The second-order valence-electron chi connectivity index (χ2n) is 9.40. The fourth-order valence-electron chi connectivity index (χ4n) is 4.52. The van der Waals surface area contributed by atoms with Gasteiger partial charge in [-0.1, -0.05) is 42.1 Å². The number of carbonyl (C=O) groups is 2. The molecule has 2 aromatic heterocycles. The Morgan fingerprint density at radius 1 is 0.892 bits per heavy atom. The molecule has 10 heteroatoms.